The number of benzene rings is 3. The maximum Gasteiger partial charge on any atom is 0.573 e. The molecule has 1 aromatic heterocycles. The van der Waals surface area contributed by atoms with Crippen molar-refractivity contribution in [1.82, 2.24) is 20.1 Å². The Morgan fingerprint density at radius 3 is 2.50 bits per heavy atom. The zero-order valence-electron chi connectivity index (χ0n) is 24.4. The highest BCUT2D eigenvalue weighted by atomic mass is 32.2. The van der Waals surface area contributed by atoms with Gasteiger partial charge in [-0.25, -0.2) is 23.2 Å². The largest absolute Gasteiger partial charge is 0.573 e. The zero-order valence-corrected chi connectivity index (χ0v) is 25.2. The van der Waals surface area contributed by atoms with Crippen molar-refractivity contribution in [3.63, 3.8) is 0 Å². The van der Waals surface area contributed by atoms with Crippen molar-refractivity contribution in [3.05, 3.63) is 83.7 Å². The molecule has 46 heavy (non-hydrogen) atoms. The van der Waals surface area contributed by atoms with E-state index in [4.69, 9.17) is 4.74 Å². The molecule has 1 fully saturated rings. The highest BCUT2D eigenvalue weighted by Crippen LogP contribution is 2.35. The molecule has 5 rings (SSSR count). The lowest BCUT2D eigenvalue weighted by Gasteiger charge is -2.22. The number of carbonyl (C=O) groups excluding carboxylic acids is 2. The molecule has 4 aromatic rings. The number of amides is 3. The number of urea groups is 1. The Kier molecular flexibility index (Phi) is 9.27. The topological polar surface area (TPSA) is 111 Å². The van der Waals surface area contributed by atoms with Gasteiger partial charge in [0.15, 0.2) is 29.3 Å². The third kappa shape index (κ3) is 7.44. The second kappa shape index (κ2) is 13.2. The molecule has 3 aromatic carbocycles. The Morgan fingerprint density at radius 1 is 1.09 bits per heavy atom. The number of hydrogen-bond donors (Lipinski definition) is 1. The lowest BCUT2D eigenvalue weighted by Crippen LogP contribution is -2.33. The minimum Gasteiger partial charge on any atom is -0.470 e. The summed E-state index contributed by atoms with van der Waals surface area (Å²) < 4.78 is 76.8. The van der Waals surface area contributed by atoms with Crippen LogP contribution >= 0.6 is 11.8 Å². The molecule has 16 heteroatoms. The quantitative estimate of drug-likeness (QED) is 0.165. The van der Waals surface area contributed by atoms with Gasteiger partial charge in [0.25, 0.3) is 0 Å². The van der Waals surface area contributed by atoms with Gasteiger partial charge in [0.1, 0.15) is 17.9 Å². The van der Waals surface area contributed by atoms with Crippen LogP contribution in [0.1, 0.15) is 30.9 Å². The van der Waals surface area contributed by atoms with E-state index in [0.29, 0.717) is 22.5 Å². The van der Waals surface area contributed by atoms with Gasteiger partial charge in [-0.05, 0) is 78.6 Å². The predicted molar refractivity (Wildman–Crippen MR) is 160 cm³/mol. The molecule has 2 heterocycles. The molecule has 0 bridgehead atoms. The fraction of sp³-hybridized carbons (Fsp3) is 0.233. The smallest absolute Gasteiger partial charge is 0.470 e. The molecule has 0 atom stereocenters. The number of alkyl halides is 3. The van der Waals surface area contributed by atoms with E-state index in [9.17, 15) is 31.5 Å². The normalized spacial score (nSPS) is 14.3. The fourth-order valence-electron chi connectivity index (χ4n) is 4.40. The molecule has 3 amide bonds. The highest BCUT2D eigenvalue weighted by Gasteiger charge is 2.33. The highest BCUT2D eigenvalue weighted by molar-refractivity contribution is 8.15. The van der Waals surface area contributed by atoms with Crippen LogP contribution in [0, 0.1) is 18.6 Å². The van der Waals surface area contributed by atoms with Crippen molar-refractivity contribution in [1.29, 1.82) is 0 Å². The molecule has 0 spiro atoms. The summed E-state index contributed by atoms with van der Waals surface area (Å²) in [6, 6.07) is 10.9. The van der Waals surface area contributed by atoms with E-state index >= 15 is 0 Å². The average Bonchev–Trinajstić information content (AvgIpc) is 3.62. The van der Waals surface area contributed by atoms with Crippen LogP contribution in [-0.2, 0) is 4.79 Å². The lowest BCUT2D eigenvalue weighted by atomic mass is 9.98. The summed E-state index contributed by atoms with van der Waals surface area (Å²) in [5.41, 5.74) is 2.05. The number of rotatable bonds is 8. The summed E-state index contributed by atoms with van der Waals surface area (Å²) in [5.74, 6) is -2.00. The Morgan fingerprint density at radius 2 is 1.83 bits per heavy atom. The number of anilines is 1. The fourth-order valence-corrected chi connectivity index (χ4v) is 5.26. The summed E-state index contributed by atoms with van der Waals surface area (Å²) in [5, 5.41) is 6.73. The summed E-state index contributed by atoms with van der Waals surface area (Å²) in [7, 11) is 0. The molecule has 0 saturated carbocycles. The first kappa shape index (κ1) is 32.4. The van der Waals surface area contributed by atoms with Gasteiger partial charge in [-0.2, -0.15) is 4.99 Å². The lowest BCUT2D eigenvalue weighted by molar-refractivity contribution is -0.274. The number of aliphatic imine (C=N–C) groups is 1. The molecule has 1 N–H and O–H groups in total. The number of ether oxygens (including phenoxy) is 2. The van der Waals surface area contributed by atoms with Crippen molar-refractivity contribution in [2.75, 3.05) is 17.4 Å². The molecular formula is C30H25F5N6O4S. The average molecular weight is 661 g/mol. The van der Waals surface area contributed by atoms with Crippen molar-refractivity contribution in [2.24, 2.45) is 4.99 Å². The van der Waals surface area contributed by atoms with Crippen LogP contribution in [0.4, 0.5) is 32.4 Å². The van der Waals surface area contributed by atoms with Crippen molar-refractivity contribution in [2.45, 2.75) is 33.1 Å². The summed E-state index contributed by atoms with van der Waals surface area (Å²) >= 11 is 1.06. The van der Waals surface area contributed by atoms with Crippen LogP contribution in [-0.4, -0.2) is 50.7 Å². The van der Waals surface area contributed by atoms with Gasteiger partial charge in [-0.3, -0.25) is 9.69 Å². The summed E-state index contributed by atoms with van der Waals surface area (Å²) in [6.07, 6.45) is -3.50. The third-order valence-electron chi connectivity index (χ3n) is 6.60. The number of carbonyl (C=O) groups is 2. The first-order valence-corrected chi connectivity index (χ1v) is 14.6. The van der Waals surface area contributed by atoms with Crippen LogP contribution < -0.4 is 19.7 Å². The molecule has 0 radical (unpaired) electrons. The van der Waals surface area contributed by atoms with Crippen LogP contribution in [0.3, 0.4) is 0 Å². The van der Waals surface area contributed by atoms with Gasteiger partial charge in [-0.15, -0.1) is 18.3 Å². The second-order valence-corrected chi connectivity index (χ2v) is 11.1. The number of aromatic nitrogens is 3. The van der Waals surface area contributed by atoms with Crippen LogP contribution in [0.5, 0.6) is 11.5 Å². The molecule has 240 valence electrons. The molecular weight excluding hydrogens is 635 g/mol. The van der Waals surface area contributed by atoms with E-state index in [1.54, 1.807) is 13.0 Å². The van der Waals surface area contributed by atoms with E-state index in [0.717, 1.165) is 30.0 Å². The number of hydrogen-bond acceptors (Lipinski definition) is 7. The first-order valence-electron chi connectivity index (χ1n) is 13.6. The zero-order chi connectivity index (χ0) is 33.2. The molecule has 1 aliphatic heterocycles. The Hall–Kier alpha value is -4.99. The number of aryl methyl sites for hydroxylation is 1. The standard InChI is InChI=1S/C30H25F5N6O4S/c1-16(2)21-12-22(31)17(3)10-24(21)41-26(42)13-46-29(41)38-28(43)37-15-44-25-9-4-18(11-23(25)32)27-36-14-40(39-27)19-5-7-20(8-6-19)45-30(33,34)35/h4-12,14,16H,13,15H2,1-3H3,(H,37,43)/b38-29-. The number of nitrogens with zero attached hydrogens (tertiary/aromatic N) is 5. The summed E-state index contributed by atoms with van der Waals surface area (Å²) in [4.78, 5) is 34.7. The van der Waals surface area contributed by atoms with Crippen LogP contribution in [0.25, 0.3) is 17.1 Å². The van der Waals surface area contributed by atoms with Gasteiger partial charge >= 0.3 is 12.4 Å². The maximum absolute atomic E-state index is 14.8. The van der Waals surface area contributed by atoms with E-state index < -0.39 is 36.5 Å². The van der Waals surface area contributed by atoms with E-state index in [-0.39, 0.29) is 39.9 Å². The molecule has 0 unspecified atom stereocenters. The number of halogens is 5. The molecule has 1 aliphatic rings. The number of amidine groups is 1. The van der Waals surface area contributed by atoms with Crippen LogP contribution in [0.2, 0.25) is 0 Å². The van der Waals surface area contributed by atoms with Crippen molar-refractivity contribution in [3.8, 4) is 28.6 Å². The Bertz CT molecular complexity index is 1810. The molecule has 1 saturated heterocycles. The number of thioether (sulfide) groups is 1. The summed E-state index contributed by atoms with van der Waals surface area (Å²) in [6.45, 7) is 4.85. The van der Waals surface area contributed by atoms with E-state index in [1.807, 2.05) is 13.8 Å². The van der Waals surface area contributed by atoms with Gasteiger partial charge in [0.2, 0.25) is 5.91 Å². The van der Waals surface area contributed by atoms with Crippen molar-refractivity contribution >= 4 is 34.6 Å². The predicted octanol–water partition coefficient (Wildman–Crippen LogP) is 6.72. The second-order valence-electron chi connectivity index (χ2n) is 10.2. The van der Waals surface area contributed by atoms with Crippen molar-refractivity contribution < 1.29 is 41.0 Å². The van der Waals surface area contributed by atoms with E-state index in [2.05, 4.69) is 25.1 Å². The molecule has 0 aliphatic carbocycles. The van der Waals surface area contributed by atoms with Gasteiger partial charge in [-0.1, -0.05) is 25.6 Å². The Labute approximate surface area is 263 Å². The van der Waals surface area contributed by atoms with Gasteiger partial charge < -0.3 is 14.8 Å². The SMILES string of the molecule is Cc1cc(N2C(=O)CS/C2=N\C(=O)NCOc2ccc(-c3ncn(-c4ccc(OC(F)(F)F)cc4)n3)cc2F)c(C(C)C)cc1F. The number of nitrogens with one attached hydrogen (secondary N) is 1. The van der Waals surface area contributed by atoms with Gasteiger partial charge in [0.05, 0.1) is 17.1 Å². The monoisotopic (exact) mass is 660 g/mol. The molecule has 10 nitrogen and oxygen atoms in total. The third-order valence-corrected chi connectivity index (χ3v) is 7.52. The van der Waals surface area contributed by atoms with E-state index in [1.165, 1.54) is 46.2 Å². The minimum absolute atomic E-state index is 0.0461. The Balaban J connectivity index is 1.21. The maximum atomic E-state index is 14.8. The first-order chi connectivity index (χ1) is 21.8. The minimum atomic E-state index is -4.82. The van der Waals surface area contributed by atoms with Crippen LogP contribution in [0.15, 0.2) is 65.9 Å². The van der Waals surface area contributed by atoms with Gasteiger partial charge in [0, 0.05) is 5.56 Å².